The Morgan fingerprint density at radius 1 is 1.15 bits per heavy atom. The molecule has 0 atom stereocenters. The van der Waals surface area contributed by atoms with Crippen molar-refractivity contribution in [1.29, 1.82) is 0 Å². The van der Waals surface area contributed by atoms with Crippen LogP contribution >= 0.6 is 24.8 Å². The number of amides is 1. The lowest BCUT2D eigenvalue weighted by Crippen LogP contribution is -2.59. The zero-order valence-corrected chi connectivity index (χ0v) is 16.8. The van der Waals surface area contributed by atoms with Crippen LogP contribution in [0.3, 0.4) is 0 Å². The van der Waals surface area contributed by atoms with Gasteiger partial charge in [-0.25, -0.2) is 0 Å². The molecule has 0 aromatic heterocycles. The number of piperidine rings is 1. The molecule has 2 fully saturated rings. The maximum atomic E-state index is 12.5. The van der Waals surface area contributed by atoms with E-state index in [-0.39, 0.29) is 36.8 Å². The molecule has 2 aliphatic rings. The van der Waals surface area contributed by atoms with Gasteiger partial charge in [0.15, 0.2) is 0 Å². The quantitative estimate of drug-likeness (QED) is 0.790. The number of carbonyl (C=O) groups is 1. The first kappa shape index (κ1) is 23.2. The lowest BCUT2D eigenvalue weighted by Gasteiger charge is -2.36. The van der Waals surface area contributed by atoms with Crippen LogP contribution in [0.5, 0.6) is 0 Å². The Labute approximate surface area is 168 Å². The maximum Gasteiger partial charge on any atom is 0.240 e. The molecule has 0 bridgehead atoms. The normalized spacial score (nSPS) is 20.5. The van der Waals surface area contributed by atoms with Crippen LogP contribution in [0.1, 0.15) is 31.2 Å². The third-order valence-electron chi connectivity index (χ3n) is 5.32. The zero-order valence-electron chi connectivity index (χ0n) is 15.2. The first-order chi connectivity index (χ1) is 11.7. The molecule has 3 N–H and O–H groups in total. The van der Waals surface area contributed by atoms with Gasteiger partial charge in [0, 0.05) is 38.9 Å². The Morgan fingerprint density at radius 2 is 1.77 bits per heavy atom. The van der Waals surface area contributed by atoms with Crippen molar-refractivity contribution in [3.05, 3.63) is 35.9 Å². The molecule has 0 unspecified atom stereocenters. The van der Waals surface area contributed by atoms with Gasteiger partial charge in [0.05, 0.1) is 5.54 Å². The maximum absolute atomic E-state index is 12.5. The number of nitrogens with two attached hydrogens (primary N) is 1. The second kappa shape index (κ2) is 11.1. The highest BCUT2D eigenvalue weighted by molar-refractivity contribution is 5.86. The summed E-state index contributed by atoms with van der Waals surface area (Å²) in [6.45, 7) is 4.34. The summed E-state index contributed by atoms with van der Waals surface area (Å²) in [6.07, 6.45) is 4.34. The van der Waals surface area contributed by atoms with Gasteiger partial charge in [0.25, 0.3) is 0 Å². The fourth-order valence-electron chi connectivity index (χ4n) is 3.52. The Bertz CT molecular complexity index is 531. The number of rotatable bonds is 5. The van der Waals surface area contributed by atoms with E-state index in [9.17, 15) is 4.79 Å². The number of halogens is 2. The third kappa shape index (κ3) is 6.39. The lowest BCUT2D eigenvalue weighted by molar-refractivity contribution is -0.130. The Kier molecular flexibility index (Phi) is 9.90. The van der Waals surface area contributed by atoms with Crippen molar-refractivity contribution in [2.24, 2.45) is 5.73 Å². The Morgan fingerprint density at radius 3 is 2.38 bits per heavy atom. The number of likely N-dealkylation sites (tertiary alicyclic amines) is 1. The molecule has 3 rings (SSSR count). The van der Waals surface area contributed by atoms with Crippen molar-refractivity contribution in [2.45, 2.75) is 43.7 Å². The largest absolute Gasteiger partial charge is 0.381 e. The van der Waals surface area contributed by atoms with Crippen LogP contribution in [0, 0.1) is 0 Å². The molecule has 0 saturated carbocycles. The first-order valence-electron chi connectivity index (χ1n) is 9.10. The van der Waals surface area contributed by atoms with Crippen molar-refractivity contribution in [3.63, 3.8) is 0 Å². The van der Waals surface area contributed by atoms with Gasteiger partial charge < -0.3 is 20.7 Å². The van der Waals surface area contributed by atoms with Crippen LogP contribution in [0.2, 0.25) is 0 Å². The summed E-state index contributed by atoms with van der Waals surface area (Å²) in [4.78, 5) is 15.0. The number of carbonyl (C=O) groups excluding carboxylic acids is 1. The topological polar surface area (TPSA) is 67.6 Å². The van der Waals surface area contributed by atoms with Crippen molar-refractivity contribution >= 4 is 30.7 Å². The molecule has 2 aliphatic heterocycles. The van der Waals surface area contributed by atoms with E-state index in [1.54, 1.807) is 0 Å². The molecule has 148 valence electrons. The van der Waals surface area contributed by atoms with Crippen LogP contribution in [0.25, 0.3) is 0 Å². The van der Waals surface area contributed by atoms with Crippen molar-refractivity contribution in [3.8, 4) is 0 Å². The number of hydrogen-bond acceptors (Lipinski definition) is 4. The van der Waals surface area contributed by atoms with Gasteiger partial charge in [-0.05, 0) is 37.7 Å². The molecule has 1 aromatic rings. The summed E-state index contributed by atoms with van der Waals surface area (Å²) in [7, 11) is 0. The molecule has 0 radical (unpaired) electrons. The molecule has 0 aliphatic carbocycles. The number of benzene rings is 1. The van der Waals surface area contributed by atoms with Gasteiger partial charge in [-0.2, -0.15) is 0 Å². The summed E-state index contributed by atoms with van der Waals surface area (Å²) in [5.74, 6) is 0.00790. The Balaban J connectivity index is 0.00000169. The van der Waals surface area contributed by atoms with Gasteiger partial charge in [-0.15, -0.1) is 24.8 Å². The number of hydrogen-bond donors (Lipinski definition) is 2. The molecular weight excluding hydrogens is 373 g/mol. The SMILES string of the molecule is Cl.Cl.NC1(C(=O)NC2CCN(CCc3ccccc3)CC2)CCOCC1. The van der Waals surface area contributed by atoms with Crippen LogP contribution in [0.4, 0.5) is 0 Å². The van der Waals surface area contributed by atoms with Crippen molar-refractivity contribution in [1.82, 2.24) is 10.2 Å². The molecular formula is C19H31Cl2N3O2. The van der Waals surface area contributed by atoms with E-state index in [0.717, 1.165) is 38.9 Å². The first-order valence-corrected chi connectivity index (χ1v) is 9.10. The van der Waals surface area contributed by atoms with Gasteiger partial charge in [0.2, 0.25) is 5.91 Å². The third-order valence-corrected chi connectivity index (χ3v) is 5.32. The number of nitrogens with one attached hydrogen (secondary N) is 1. The standard InChI is InChI=1S/C19H29N3O2.2ClH/c20-19(9-14-24-15-10-19)18(23)21-17-7-12-22(13-8-17)11-6-16-4-2-1-3-5-16;;/h1-5,17H,6-15,20H2,(H,21,23);2*1H. The average molecular weight is 404 g/mol. The van der Waals surface area contributed by atoms with E-state index in [1.807, 2.05) is 0 Å². The summed E-state index contributed by atoms with van der Waals surface area (Å²) >= 11 is 0. The van der Waals surface area contributed by atoms with Crippen LogP contribution in [-0.2, 0) is 16.0 Å². The molecule has 26 heavy (non-hydrogen) atoms. The van der Waals surface area contributed by atoms with Crippen LogP contribution in [0.15, 0.2) is 30.3 Å². The predicted octanol–water partition coefficient (Wildman–Crippen LogP) is 2.16. The summed E-state index contributed by atoms with van der Waals surface area (Å²) < 4.78 is 5.32. The summed E-state index contributed by atoms with van der Waals surface area (Å²) in [5, 5.41) is 3.18. The molecule has 7 heteroatoms. The molecule has 1 aromatic carbocycles. The van der Waals surface area contributed by atoms with Crippen LogP contribution in [-0.4, -0.2) is 55.2 Å². The van der Waals surface area contributed by atoms with E-state index in [4.69, 9.17) is 10.5 Å². The van der Waals surface area contributed by atoms with E-state index < -0.39 is 5.54 Å². The minimum atomic E-state index is -0.733. The monoisotopic (exact) mass is 403 g/mol. The van der Waals surface area contributed by atoms with Gasteiger partial charge in [-0.1, -0.05) is 30.3 Å². The van der Waals surface area contributed by atoms with E-state index in [2.05, 4.69) is 40.5 Å². The van der Waals surface area contributed by atoms with E-state index in [0.29, 0.717) is 26.1 Å². The molecule has 2 saturated heterocycles. The molecule has 2 heterocycles. The van der Waals surface area contributed by atoms with E-state index in [1.165, 1.54) is 5.56 Å². The zero-order chi connectivity index (χ0) is 16.8. The minimum absolute atomic E-state index is 0. The molecule has 1 amide bonds. The highest BCUT2D eigenvalue weighted by Gasteiger charge is 2.37. The lowest BCUT2D eigenvalue weighted by atomic mass is 9.89. The fourth-order valence-corrected chi connectivity index (χ4v) is 3.52. The summed E-state index contributed by atoms with van der Waals surface area (Å²) in [6, 6.07) is 10.9. The smallest absolute Gasteiger partial charge is 0.240 e. The van der Waals surface area contributed by atoms with Crippen LogP contribution < -0.4 is 11.1 Å². The van der Waals surface area contributed by atoms with Gasteiger partial charge in [0.1, 0.15) is 0 Å². The average Bonchev–Trinajstić information content (AvgIpc) is 2.62. The molecule has 5 nitrogen and oxygen atoms in total. The van der Waals surface area contributed by atoms with E-state index >= 15 is 0 Å². The highest BCUT2D eigenvalue weighted by Crippen LogP contribution is 2.19. The van der Waals surface area contributed by atoms with Crippen molar-refractivity contribution in [2.75, 3.05) is 32.8 Å². The fraction of sp³-hybridized carbons (Fsp3) is 0.632. The van der Waals surface area contributed by atoms with Gasteiger partial charge >= 0.3 is 0 Å². The summed E-state index contributed by atoms with van der Waals surface area (Å²) in [5.41, 5.74) is 6.91. The number of ether oxygens (including phenoxy) is 1. The molecule has 0 spiro atoms. The van der Waals surface area contributed by atoms with Crippen molar-refractivity contribution < 1.29 is 9.53 Å². The number of nitrogens with zero attached hydrogens (tertiary/aromatic N) is 1. The minimum Gasteiger partial charge on any atom is -0.381 e. The second-order valence-electron chi connectivity index (χ2n) is 7.09. The Hall–Kier alpha value is -0.850. The predicted molar refractivity (Wildman–Crippen MR) is 109 cm³/mol. The second-order valence-corrected chi connectivity index (χ2v) is 7.09. The van der Waals surface area contributed by atoms with Gasteiger partial charge in [-0.3, -0.25) is 4.79 Å². The highest BCUT2D eigenvalue weighted by atomic mass is 35.5.